The molecule has 0 bridgehead atoms. The zero-order chi connectivity index (χ0) is 9.52. The standard InChI is InChI=1S/C11H24N2/c1-3-5-8-13-9-6-11(10-13)12-7-4-2/h11-12H,3-10H2,1-2H3. The van der Waals surface area contributed by atoms with Crippen LogP contribution in [0.1, 0.15) is 39.5 Å². The highest BCUT2D eigenvalue weighted by Gasteiger charge is 2.20. The van der Waals surface area contributed by atoms with Crippen molar-refractivity contribution in [3.8, 4) is 0 Å². The molecule has 0 aliphatic carbocycles. The molecule has 1 aliphatic rings. The summed E-state index contributed by atoms with van der Waals surface area (Å²) in [4.78, 5) is 2.59. The molecule has 13 heavy (non-hydrogen) atoms. The minimum absolute atomic E-state index is 0.775. The van der Waals surface area contributed by atoms with Crippen LogP contribution >= 0.6 is 0 Å². The van der Waals surface area contributed by atoms with E-state index in [-0.39, 0.29) is 0 Å². The third-order valence-electron chi connectivity index (χ3n) is 2.78. The van der Waals surface area contributed by atoms with Crippen LogP contribution in [-0.2, 0) is 0 Å². The Kier molecular flexibility index (Phi) is 5.40. The first-order valence-electron chi connectivity index (χ1n) is 5.82. The van der Waals surface area contributed by atoms with Crippen LogP contribution in [0.4, 0.5) is 0 Å². The second-order valence-electron chi connectivity index (χ2n) is 4.09. The van der Waals surface area contributed by atoms with Gasteiger partial charge in [-0.05, 0) is 38.9 Å². The van der Waals surface area contributed by atoms with Crippen molar-refractivity contribution in [3.05, 3.63) is 0 Å². The molecule has 0 aromatic heterocycles. The second kappa shape index (κ2) is 6.39. The van der Waals surface area contributed by atoms with Gasteiger partial charge in [0, 0.05) is 12.6 Å². The van der Waals surface area contributed by atoms with Gasteiger partial charge in [0.2, 0.25) is 0 Å². The summed E-state index contributed by atoms with van der Waals surface area (Å²) in [7, 11) is 0. The first kappa shape index (κ1) is 11.0. The second-order valence-corrected chi connectivity index (χ2v) is 4.09. The minimum Gasteiger partial charge on any atom is -0.313 e. The Balaban J connectivity index is 2.05. The summed E-state index contributed by atoms with van der Waals surface area (Å²) in [5.74, 6) is 0. The Hall–Kier alpha value is -0.0800. The maximum atomic E-state index is 3.60. The largest absolute Gasteiger partial charge is 0.313 e. The molecule has 78 valence electrons. The molecule has 1 aliphatic heterocycles. The van der Waals surface area contributed by atoms with Crippen LogP contribution in [0, 0.1) is 0 Å². The Morgan fingerprint density at radius 1 is 1.31 bits per heavy atom. The van der Waals surface area contributed by atoms with Crippen molar-refractivity contribution in [1.29, 1.82) is 0 Å². The van der Waals surface area contributed by atoms with Crippen molar-refractivity contribution >= 4 is 0 Å². The van der Waals surface area contributed by atoms with E-state index in [1.807, 2.05) is 0 Å². The molecular formula is C11H24N2. The smallest absolute Gasteiger partial charge is 0.0207 e. The summed E-state index contributed by atoms with van der Waals surface area (Å²) in [5, 5.41) is 3.60. The summed E-state index contributed by atoms with van der Waals surface area (Å²) < 4.78 is 0. The lowest BCUT2D eigenvalue weighted by atomic mass is 10.2. The fraction of sp³-hybridized carbons (Fsp3) is 1.00. The lowest BCUT2D eigenvalue weighted by molar-refractivity contribution is 0.322. The highest BCUT2D eigenvalue weighted by molar-refractivity contribution is 4.80. The Morgan fingerprint density at radius 3 is 2.85 bits per heavy atom. The van der Waals surface area contributed by atoms with E-state index in [1.165, 1.54) is 51.9 Å². The van der Waals surface area contributed by atoms with Crippen LogP contribution in [0.3, 0.4) is 0 Å². The Morgan fingerprint density at radius 2 is 2.15 bits per heavy atom. The van der Waals surface area contributed by atoms with Gasteiger partial charge in [0.15, 0.2) is 0 Å². The molecule has 0 saturated carbocycles. The van der Waals surface area contributed by atoms with Gasteiger partial charge in [0.25, 0.3) is 0 Å². The van der Waals surface area contributed by atoms with E-state index in [0.717, 1.165) is 6.04 Å². The number of rotatable bonds is 6. The zero-order valence-electron chi connectivity index (χ0n) is 9.18. The van der Waals surface area contributed by atoms with Gasteiger partial charge in [-0.2, -0.15) is 0 Å². The molecular weight excluding hydrogens is 160 g/mol. The van der Waals surface area contributed by atoms with Gasteiger partial charge in [-0.1, -0.05) is 20.3 Å². The third kappa shape index (κ3) is 4.10. The molecule has 0 spiro atoms. The quantitative estimate of drug-likeness (QED) is 0.678. The molecule has 1 fully saturated rings. The molecule has 2 nitrogen and oxygen atoms in total. The highest BCUT2D eigenvalue weighted by Crippen LogP contribution is 2.09. The lowest BCUT2D eigenvalue weighted by Gasteiger charge is -2.15. The van der Waals surface area contributed by atoms with E-state index >= 15 is 0 Å². The van der Waals surface area contributed by atoms with Crippen molar-refractivity contribution in [1.82, 2.24) is 10.2 Å². The first-order chi connectivity index (χ1) is 6.36. The number of hydrogen-bond acceptors (Lipinski definition) is 2. The molecule has 1 rings (SSSR count). The van der Waals surface area contributed by atoms with Crippen molar-refractivity contribution in [2.45, 2.75) is 45.6 Å². The molecule has 0 radical (unpaired) electrons. The van der Waals surface area contributed by atoms with E-state index in [1.54, 1.807) is 0 Å². The number of unbranched alkanes of at least 4 members (excludes halogenated alkanes) is 1. The van der Waals surface area contributed by atoms with Crippen LogP contribution in [0.5, 0.6) is 0 Å². The van der Waals surface area contributed by atoms with Gasteiger partial charge in [-0.3, -0.25) is 0 Å². The molecule has 1 N–H and O–H groups in total. The topological polar surface area (TPSA) is 15.3 Å². The van der Waals surface area contributed by atoms with E-state index < -0.39 is 0 Å². The van der Waals surface area contributed by atoms with Gasteiger partial charge in [-0.15, -0.1) is 0 Å². The van der Waals surface area contributed by atoms with Crippen LogP contribution in [0.15, 0.2) is 0 Å². The monoisotopic (exact) mass is 184 g/mol. The van der Waals surface area contributed by atoms with Crippen molar-refractivity contribution in [3.63, 3.8) is 0 Å². The molecule has 1 saturated heterocycles. The lowest BCUT2D eigenvalue weighted by Crippen LogP contribution is -2.33. The fourth-order valence-electron chi connectivity index (χ4n) is 1.93. The van der Waals surface area contributed by atoms with Gasteiger partial charge in [0.05, 0.1) is 0 Å². The van der Waals surface area contributed by atoms with Crippen LogP contribution < -0.4 is 5.32 Å². The number of hydrogen-bond donors (Lipinski definition) is 1. The zero-order valence-corrected chi connectivity index (χ0v) is 9.18. The molecule has 1 unspecified atom stereocenters. The van der Waals surface area contributed by atoms with Crippen LogP contribution in [-0.4, -0.2) is 37.1 Å². The molecule has 2 heteroatoms. The number of nitrogens with zero attached hydrogens (tertiary/aromatic N) is 1. The minimum atomic E-state index is 0.775. The van der Waals surface area contributed by atoms with Gasteiger partial charge >= 0.3 is 0 Å². The van der Waals surface area contributed by atoms with E-state index in [9.17, 15) is 0 Å². The molecule has 1 heterocycles. The first-order valence-corrected chi connectivity index (χ1v) is 5.82. The SMILES string of the molecule is CCCCN1CCC(NCCC)C1. The maximum absolute atomic E-state index is 3.60. The highest BCUT2D eigenvalue weighted by atomic mass is 15.2. The summed E-state index contributed by atoms with van der Waals surface area (Å²) in [6, 6.07) is 0.775. The van der Waals surface area contributed by atoms with Crippen LogP contribution in [0.2, 0.25) is 0 Å². The number of nitrogens with one attached hydrogen (secondary N) is 1. The van der Waals surface area contributed by atoms with E-state index in [2.05, 4.69) is 24.1 Å². The van der Waals surface area contributed by atoms with Gasteiger partial charge in [0.1, 0.15) is 0 Å². The van der Waals surface area contributed by atoms with Crippen molar-refractivity contribution in [2.75, 3.05) is 26.2 Å². The Bertz CT molecular complexity index is 111. The average molecular weight is 184 g/mol. The van der Waals surface area contributed by atoms with E-state index in [4.69, 9.17) is 0 Å². The summed E-state index contributed by atoms with van der Waals surface area (Å²) >= 11 is 0. The fourth-order valence-corrected chi connectivity index (χ4v) is 1.93. The summed E-state index contributed by atoms with van der Waals surface area (Å²) in [5.41, 5.74) is 0. The normalized spacial score (nSPS) is 24.0. The number of likely N-dealkylation sites (tertiary alicyclic amines) is 1. The Labute approximate surface area is 82.7 Å². The molecule has 0 aromatic rings. The predicted octanol–water partition coefficient (Wildman–Crippen LogP) is 1.86. The van der Waals surface area contributed by atoms with Gasteiger partial charge < -0.3 is 10.2 Å². The summed E-state index contributed by atoms with van der Waals surface area (Å²) in [6.07, 6.45) is 5.29. The van der Waals surface area contributed by atoms with E-state index in [0.29, 0.717) is 0 Å². The molecule has 0 aromatic carbocycles. The van der Waals surface area contributed by atoms with Gasteiger partial charge in [-0.25, -0.2) is 0 Å². The molecule has 0 amide bonds. The van der Waals surface area contributed by atoms with Crippen LogP contribution in [0.25, 0.3) is 0 Å². The molecule has 1 atom stereocenters. The third-order valence-corrected chi connectivity index (χ3v) is 2.78. The summed E-state index contributed by atoms with van der Waals surface area (Å²) in [6.45, 7) is 9.58. The maximum Gasteiger partial charge on any atom is 0.0207 e. The predicted molar refractivity (Wildman–Crippen MR) is 58.0 cm³/mol. The van der Waals surface area contributed by atoms with Crippen molar-refractivity contribution in [2.24, 2.45) is 0 Å². The van der Waals surface area contributed by atoms with Crippen molar-refractivity contribution < 1.29 is 0 Å². The average Bonchev–Trinajstić information content (AvgIpc) is 2.59.